The first kappa shape index (κ1) is 32.8. The van der Waals surface area contributed by atoms with Gasteiger partial charge in [-0.1, -0.05) is 23.2 Å². The van der Waals surface area contributed by atoms with Crippen LogP contribution in [-0.2, 0) is 9.53 Å². The molecule has 0 radical (unpaired) electrons. The summed E-state index contributed by atoms with van der Waals surface area (Å²) in [6, 6.07) is 9.76. The molecule has 47 heavy (non-hydrogen) atoms. The Bertz CT molecular complexity index is 1720. The number of nitrogens with one attached hydrogen (secondary N) is 1. The molecule has 0 unspecified atom stereocenters. The van der Waals surface area contributed by atoms with Crippen molar-refractivity contribution in [3.63, 3.8) is 0 Å². The van der Waals surface area contributed by atoms with Crippen molar-refractivity contribution in [1.29, 1.82) is 0 Å². The van der Waals surface area contributed by atoms with Gasteiger partial charge in [0.2, 0.25) is 5.91 Å². The summed E-state index contributed by atoms with van der Waals surface area (Å²) in [6.07, 6.45) is 5.55. The standard InChI is InChI=1S/C34H39Cl2N7O4/c1-21(30-26(35)19-37-20-27(30)36)46-24-6-7-28-25(17-24)31(40-39-28)23-5-8-29(38-18-23)41-13-15-42(16-14-41)32(44)22-9-11-43(12-10-22)33(45)47-34(2,3)4/h5-8,17-22H,9-16H2,1-4H3,(H,39,40)/t21-/m1/s1. The van der Waals surface area contributed by atoms with Crippen LogP contribution in [0.2, 0.25) is 10.0 Å². The second-order valence-corrected chi connectivity index (χ2v) is 13.8. The van der Waals surface area contributed by atoms with Crippen molar-refractivity contribution in [3.8, 4) is 17.0 Å². The van der Waals surface area contributed by atoms with Crippen molar-refractivity contribution in [2.45, 2.75) is 52.2 Å². The Morgan fingerprint density at radius 3 is 2.28 bits per heavy atom. The number of aromatic amines is 1. The molecule has 1 atom stereocenters. The fourth-order valence-electron chi connectivity index (χ4n) is 6.12. The molecule has 0 aliphatic carbocycles. The normalized spacial score (nSPS) is 16.8. The minimum Gasteiger partial charge on any atom is -0.486 e. The molecule has 5 heterocycles. The largest absolute Gasteiger partial charge is 0.486 e. The number of likely N-dealkylation sites (tertiary alicyclic amines) is 1. The van der Waals surface area contributed by atoms with E-state index in [0.29, 0.717) is 73.5 Å². The molecule has 0 bridgehead atoms. The predicted octanol–water partition coefficient (Wildman–Crippen LogP) is 6.76. The summed E-state index contributed by atoms with van der Waals surface area (Å²) in [5, 5.41) is 9.46. The van der Waals surface area contributed by atoms with Gasteiger partial charge in [-0.15, -0.1) is 0 Å². The van der Waals surface area contributed by atoms with Gasteiger partial charge in [0.25, 0.3) is 0 Å². The lowest BCUT2D eigenvalue weighted by Gasteiger charge is -2.39. The van der Waals surface area contributed by atoms with Crippen LogP contribution in [-0.4, -0.2) is 86.8 Å². The summed E-state index contributed by atoms with van der Waals surface area (Å²) >= 11 is 12.7. The molecule has 1 aromatic carbocycles. The van der Waals surface area contributed by atoms with Crippen molar-refractivity contribution in [2.75, 3.05) is 44.2 Å². The first-order valence-electron chi connectivity index (χ1n) is 15.9. The minimum atomic E-state index is -0.530. The molecule has 0 spiro atoms. The lowest BCUT2D eigenvalue weighted by Crippen LogP contribution is -2.52. The molecule has 4 aromatic rings. The lowest BCUT2D eigenvalue weighted by molar-refractivity contribution is -0.137. The van der Waals surface area contributed by atoms with Crippen molar-refractivity contribution in [2.24, 2.45) is 5.92 Å². The Morgan fingerprint density at radius 1 is 0.936 bits per heavy atom. The van der Waals surface area contributed by atoms with Crippen molar-refractivity contribution in [1.82, 2.24) is 30.0 Å². The topological polar surface area (TPSA) is 117 Å². The minimum absolute atomic E-state index is 0.0679. The van der Waals surface area contributed by atoms with Gasteiger partial charge in [0.1, 0.15) is 29.0 Å². The van der Waals surface area contributed by atoms with E-state index in [-0.39, 0.29) is 24.0 Å². The molecule has 2 aliphatic rings. The van der Waals surface area contributed by atoms with E-state index in [1.807, 2.05) is 69.1 Å². The molecule has 2 aliphatic heterocycles. The van der Waals surface area contributed by atoms with Gasteiger partial charge in [-0.05, 0) is 70.9 Å². The molecular weight excluding hydrogens is 641 g/mol. The van der Waals surface area contributed by atoms with E-state index in [1.165, 1.54) is 0 Å². The molecule has 6 rings (SSSR count). The summed E-state index contributed by atoms with van der Waals surface area (Å²) in [6.45, 7) is 11.2. The number of fused-ring (bicyclic) bond motifs is 1. The van der Waals surface area contributed by atoms with E-state index in [1.54, 1.807) is 17.3 Å². The van der Waals surface area contributed by atoms with Crippen LogP contribution in [0.5, 0.6) is 5.75 Å². The third-order valence-electron chi connectivity index (χ3n) is 8.58. The van der Waals surface area contributed by atoms with Gasteiger partial charge in [0, 0.05) is 80.3 Å². The molecule has 13 heteroatoms. The monoisotopic (exact) mass is 679 g/mol. The third kappa shape index (κ3) is 7.41. The van der Waals surface area contributed by atoms with Crippen LogP contribution in [0.4, 0.5) is 10.6 Å². The zero-order valence-corrected chi connectivity index (χ0v) is 28.5. The van der Waals surface area contributed by atoms with Gasteiger partial charge in [-0.3, -0.25) is 14.9 Å². The molecule has 3 aromatic heterocycles. The van der Waals surface area contributed by atoms with Crippen LogP contribution in [0.1, 0.15) is 52.2 Å². The number of halogens is 2. The zero-order chi connectivity index (χ0) is 33.3. The molecule has 2 fully saturated rings. The number of H-pyrrole nitrogens is 1. The highest BCUT2D eigenvalue weighted by molar-refractivity contribution is 6.35. The summed E-state index contributed by atoms with van der Waals surface area (Å²) in [7, 11) is 0. The maximum absolute atomic E-state index is 13.3. The number of rotatable bonds is 6. The molecule has 248 valence electrons. The highest BCUT2D eigenvalue weighted by Gasteiger charge is 2.33. The number of amides is 2. The van der Waals surface area contributed by atoms with Crippen LogP contribution in [0, 0.1) is 5.92 Å². The quantitative estimate of drug-likeness (QED) is 0.238. The van der Waals surface area contributed by atoms with E-state index in [0.717, 1.165) is 28.0 Å². The van der Waals surface area contributed by atoms with Crippen molar-refractivity contribution >= 4 is 51.9 Å². The number of pyridine rings is 2. The Hall–Kier alpha value is -4.09. The van der Waals surface area contributed by atoms with Gasteiger partial charge >= 0.3 is 6.09 Å². The molecule has 1 N–H and O–H groups in total. The van der Waals surface area contributed by atoms with Crippen LogP contribution in [0.25, 0.3) is 22.2 Å². The number of ether oxygens (including phenoxy) is 2. The summed E-state index contributed by atoms with van der Waals surface area (Å²) in [5.41, 5.74) is 2.67. The zero-order valence-electron chi connectivity index (χ0n) is 27.0. The Morgan fingerprint density at radius 2 is 1.64 bits per heavy atom. The number of aromatic nitrogens is 4. The molecule has 11 nitrogen and oxygen atoms in total. The third-order valence-corrected chi connectivity index (χ3v) is 9.18. The average molecular weight is 681 g/mol. The van der Waals surface area contributed by atoms with Crippen LogP contribution in [0.15, 0.2) is 48.9 Å². The second kappa shape index (κ2) is 13.6. The van der Waals surface area contributed by atoms with E-state index in [9.17, 15) is 9.59 Å². The van der Waals surface area contributed by atoms with E-state index in [2.05, 4.69) is 20.1 Å². The van der Waals surface area contributed by atoms with Gasteiger partial charge in [0.15, 0.2) is 0 Å². The first-order chi connectivity index (χ1) is 22.5. The van der Waals surface area contributed by atoms with Crippen molar-refractivity contribution < 1.29 is 19.1 Å². The maximum Gasteiger partial charge on any atom is 0.410 e. The number of carbonyl (C=O) groups is 2. The number of piperazine rings is 1. The van der Waals surface area contributed by atoms with Gasteiger partial charge in [-0.2, -0.15) is 5.10 Å². The fraction of sp³-hybridized carbons (Fsp3) is 0.441. The van der Waals surface area contributed by atoms with Gasteiger partial charge < -0.3 is 24.2 Å². The van der Waals surface area contributed by atoms with E-state index < -0.39 is 5.60 Å². The Labute approximate surface area is 284 Å². The summed E-state index contributed by atoms with van der Waals surface area (Å²) in [4.78, 5) is 40.3. The summed E-state index contributed by atoms with van der Waals surface area (Å²) in [5.74, 6) is 1.62. The Kier molecular flexibility index (Phi) is 9.48. The number of benzene rings is 1. The van der Waals surface area contributed by atoms with Crippen LogP contribution >= 0.6 is 23.2 Å². The number of carbonyl (C=O) groups excluding carboxylic acids is 2. The smallest absolute Gasteiger partial charge is 0.410 e. The van der Waals surface area contributed by atoms with Crippen LogP contribution in [0.3, 0.4) is 0 Å². The number of anilines is 1. The highest BCUT2D eigenvalue weighted by atomic mass is 35.5. The predicted molar refractivity (Wildman–Crippen MR) is 182 cm³/mol. The molecule has 2 saturated heterocycles. The Balaban J connectivity index is 1.05. The fourth-order valence-corrected chi connectivity index (χ4v) is 6.79. The SMILES string of the molecule is C[C@@H](Oc1ccc2[nH]nc(-c3ccc(N4CCN(C(=O)C5CCN(C(=O)OC(C)(C)C)CC5)CC4)nc3)c2c1)c1c(Cl)cncc1Cl. The lowest BCUT2D eigenvalue weighted by atomic mass is 9.95. The molecular formula is C34H39Cl2N7O4. The highest BCUT2D eigenvalue weighted by Crippen LogP contribution is 2.35. The van der Waals surface area contributed by atoms with Crippen LogP contribution < -0.4 is 9.64 Å². The maximum atomic E-state index is 13.3. The van der Waals surface area contributed by atoms with Gasteiger partial charge in [-0.25, -0.2) is 9.78 Å². The van der Waals surface area contributed by atoms with E-state index >= 15 is 0 Å². The summed E-state index contributed by atoms with van der Waals surface area (Å²) < 4.78 is 11.7. The number of nitrogens with zero attached hydrogens (tertiary/aromatic N) is 6. The van der Waals surface area contributed by atoms with Crippen molar-refractivity contribution in [3.05, 3.63) is 64.5 Å². The van der Waals surface area contributed by atoms with Gasteiger partial charge in [0.05, 0.1) is 15.6 Å². The number of piperidine rings is 1. The number of hydrogen-bond acceptors (Lipinski definition) is 8. The second-order valence-electron chi connectivity index (χ2n) is 13.0. The van der Waals surface area contributed by atoms with E-state index in [4.69, 9.17) is 37.7 Å². The molecule has 0 saturated carbocycles. The number of hydrogen-bond donors (Lipinski definition) is 1. The first-order valence-corrected chi connectivity index (χ1v) is 16.6. The molecule has 2 amide bonds. The average Bonchev–Trinajstić information content (AvgIpc) is 3.47.